The first kappa shape index (κ1) is 16.3. The van der Waals surface area contributed by atoms with Crippen molar-refractivity contribution in [3.8, 4) is 0 Å². The van der Waals surface area contributed by atoms with Crippen LogP contribution in [0, 0.1) is 12.8 Å². The van der Waals surface area contributed by atoms with Crippen LogP contribution in [0.25, 0.3) is 0 Å². The van der Waals surface area contributed by atoms with Crippen molar-refractivity contribution in [2.75, 3.05) is 12.3 Å². The highest BCUT2D eigenvalue weighted by Crippen LogP contribution is 2.32. The van der Waals surface area contributed by atoms with Crippen molar-refractivity contribution in [3.05, 3.63) is 23.8 Å². The lowest BCUT2D eigenvalue weighted by Gasteiger charge is -2.35. The molecule has 21 heavy (non-hydrogen) atoms. The van der Waals surface area contributed by atoms with Crippen LogP contribution in [-0.2, 0) is 10.0 Å². The zero-order chi connectivity index (χ0) is 15.7. The standard InChI is InChI=1S/C15H24N2O3S/c1-11-4-3-7-15(18,9-11)10-17-21(19,20)14-8-13(16)6-5-12(14)2/h5-6,8,11,17-18H,3-4,7,9-10,16H2,1-2H3. The number of sulfonamides is 1. The monoisotopic (exact) mass is 312 g/mol. The minimum Gasteiger partial charge on any atom is -0.399 e. The van der Waals surface area contributed by atoms with Gasteiger partial charge in [-0.25, -0.2) is 13.1 Å². The van der Waals surface area contributed by atoms with Crippen LogP contribution in [0.3, 0.4) is 0 Å². The molecule has 1 aromatic carbocycles. The number of nitrogens with one attached hydrogen (secondary N) is 1. The molecule has 0 amide bonds. The zero-order valence-corrected chi connectivity index (χ0v) is 13.4. The first-order chi connectivity index (χ1) is 9.72. The summed E-state index contributed by atoms with van der Waals surface area (Å²) in [5.74, 6) is 0.419. The third kappa shape index (κ3) is 3.96. The number of aliphatic hydroxyl groups is 1. The second kappa shape index (κ2) is 5.94. The Morgan fingerprint density at radius 2 is 2.19 bits per heavy atom. The largest absolute Gasteiger partial charge is 0.399 e. The molecule has 0 bridgehead atoms. The molecule has 2 rings (SSSR count). The lowest BCUT2D eigenvalue weighted by atomic mass is 9.79. The topological polar surface area (TPSA) is 92.4 Å². The lowest BCUT2D eigenvalue weighted by Crippen LogP contribution is -2.45. The number of hydrogen-bond donors (Lipinski definition) is 3. The van der Waals surface area contributed by atoms with Gasteiger partial charge in [0, 0.05) is 12.2 Å². The van der Waals surface area contributed by atoms with Crippen molar-refractivity contribution in [1.29, 1.82) is 0 Å². The Morgan fingerprint density at radius 3 is 2.86 bits per heavy atom. The van der Waals surface area contributed by atoms with Gasteiger partial charge in [-0.1, -0.05) is 25.8 Å². The maximum atomic E-state index is 12.4. The Bertz CT molecular complexity index is 615. The van der Waals surface area contributed by atoms with Gasteiger partial charge in [0.25, 0.3) is 0 Å². The summed E-state index contributed by atoms with van der Waals surface area (Å²) >= 11 is 0. The molecule has 0 aliphatic heterocycles. The molecule has 0 aromatic heterocycles. The second-order valence-electron chi connectivity index (χ2n) is 6.28. The van der Waals surface area contributed by atoms with E-state index in [1.807, 2.05) is 0 Å². The molecule has 1 aliphatic rings. The summed E-state index contributed by atoms with van der Waals surface area (Å²) in [4.78, 5) is 0.176. The number of nitrogen functional groups attached to an aromatic ring is 1. The van der Waals surface area contributed by atoms with Gasteiger partial charge in [-0.3, -0.25) is 0 Å². The quantitative estimate of drug-likeness (QED) is 0.739. The average Bonchev–Trinajstić information content (AvgIpc) is 2.39. The highest BCUT2D eigenvalue weighted by Gasteiger charge is 2.34. The number of hydrogen-bond acceptors (Lipinski definition) is 4. The fourth-order valence-electron chi connectivity index (χ4n) is 3.01. The Hall–Kier alpha value is -1.11. The number of rotatable bonds is 4. The van der Waals surface area contributed by atoms with Gasteiger partial charge in [0.05, 0.1) is 10.5 Å². The zero-order valence-electron chi connectivity index (χ0n) is 12.6. The molecule has 118 valence electrons. The van der Waals surface area contributed by atoms with E-state index >= 15 is 0 Å². The van der Waals surface area contributed by atoms with Gasteiger partial charge in [0.1, 0.15) is 0 Å². The van der Waals surface area contributed by atoms with Gasteiger partial charge < -0.3 is 10.8 Å². The predicted molar refractivity (Wildman–Crippen MR) is 83.4 cm³/mol. The molecule has 1 fully saturated rings. The Kier molecular flexibility index (Phi) is 4.60. The van der Waals surface area contributed by atoms with Crippen molar-refractivity contribution in [1.82, 2.24) is 4.72 Å². The average molecular weight is 312 g/mol. The number of benzene rings is 1. The van der Waals surface area contributed by atoms with Gasteiger partial charge in [-0.2, -0.15) is 0 Å². The molecule has 2 atom stereocenters. The maximum Gasteiger partial charge on any atom is 0.241 e. The number of nitrogens with two attached hydrogens (primary N) is 1. The van der Waals surface area contributed by atoms with E-state index in [0.717, 1.165) is 12.8 Å². The van der Waals surface area contributed by atoms with Crippen LogP contribution < -0.4 is 10.5 Å². The SMILES string of the molecule is Cc1ccc(N)cc1S(=O)(=O)NCC1(O)CCCC(C)C1. The minimum atomic E-state index is -3.66. The summed E-state index contributed by atoms with van der Waals surface area (Å²) in [5.41, 5.74) is 5.77. The van der Waals surface area contributed by atoms with Gasteiger partial charge in [-0.15, -0.1) is 0 Å². The van der Waals surface area contributed by atoms with Gasteiger partial charge in [0.15, 0.2) is 0 Å². The fourth-order valence-corrected chi connectivity index (χ4v) is 4.40. The smallest absolute Gasteiger partial charge is 0.241 e. The molecule has 1 saturated carbocycles. The second-order valence-corrected chi connectivity index (χ2v) is 8.01. The normalized spacial score (nSPS) is 26.7. The van der Waals surface area contributed by atoms with Crippen molar-refractivity contribution in [2.24, 2.45) is 5.92 Å². The molecule has 0 heterocycles. The number of anilines is 1. The van der Waals surface area contributed by atoms with E-state index in [4.69, 9.17) is 5.73 Å². The molecule has 1 aromatic rings. The van der Waals surface area contributed by atoms with Crippen molar-refractivity contribution >= 4 is 15.7 Å². The summed E-state index contributed by atoms with van der Waals surface area (Å²) in [6.07, 6.45) is 3.28. The van der Waals surface area contributed by atoms with Gasteiger partial charge in [0.2, 0.25) is 10.0 Å². The molecular weight excluding hydrogens is 288 g/mol. The summed E-state index contributed by atoms with van der Waals surface area (Å²) < 4.78 is 27.3. The van der Waals surface area contributed by atoms with Crippen LogP contribution in [0.5, 0.6) is 0 Å². The van der Waals surface area contributed by atoms with Gasteiger partial charge >= 0.3 is 0 Å². The van der Waals surface area contributed by atoms with Crippen LogP contribution in [0.1, 0.15) is 38.2 Å². The van der Waals surface area contributed by atoms with Gasteiger partial charge in [-0.05, 0) is 43.4 Å². The van der Waals surface area contributed by atoms with E-state index in [-0.39, 0.29) is 11.4 Å². The summed E-state index contributed by atoms with van der Waals surface area (Å²) in [7, 11) is -3.66. The molecule has 0 saturated heterocycles. The Balaban J connectivity index is 2.13. The molecule has 0 spiro atoms. The molecule has 1 aliphatic carbocycles. The number of aryl methyl sites for hydroxylation is 1. The van der Waals surface area contributed by atoms with Crippen LogP contribution in [0.4, 0.5) is 5.69 Å². The molecule has 4 N–H and O–H groups in total. The van der Waals surface area contributed by atoms with Crippen molar-refractivity contribution in [3.63, 3.8) is 0 Å². The molecule has 5 nitrogen and oxygen atoms in total. The summed E-state index contributed by atoms with van der Waals surface area (Å²) in [6, 6.07) is 4.80. The van der Waals surface area contributed by atoms with E-state index in [1.54, 1.807) is 19.1 Å². The first-order valence-corrected chi connectivity index (χ1v) is 8.78. The Labute approximate surface area is 126 Å². The minimum absolute atomic E-state index is 0.0495. The predicted octanol–water partition coefficient (Wildman–Crippen LogP) is 1.80. The molecular formula is C15H24N2O3S. The highest BCUT2D eigenvalue weighted by atomic mass is 32.2. The lowest BCUT2D eigenvalue weighted by molar-refractivity contribution is -0.00751. The molecule has 2 unspecified atom stereocenters. The Morgan fingerprint density at radius 1 is 1.48 bits per heavy atom. The maximum absolute atomic E-state index is 12.4. The van der Waals surface area contributed by atoms with E-state index in [9.17, 15) is 13.5 Å². The van der Waals surface area contributed by atoms with E-state index in [2.05, 4.69) is 11.6 Å². The third-order valence-corrected chi connectivity index (χ3v) is 5.70. The van der Waals surface area contributed by atoms with E-state index in [1.165, 1.54) is 6.07 Å². The molecule has 0 radical (unpaired) electrons. The van der Waals surface area contributed by atoms with Crippen molar-refractivity contribution in [2.45, 2.75) is 50.0 Å². The fraction of sp³-hybridized carbons (Fsp3) is 0.600. The first-order valence-electron chi connectivity index (χ1n) is 7.30. The third-order valence-electron chi connectivity index (χ3n) is 4.16. The van der Waals surface area contributed by atoms with Crippen LogP contribution in [-0.4, -0.2) is 25.7 Å². The molecule has 6 heteroatoms. The summed E-state index contributed by atoms with van der Waals surface area (Å²) in [5, 5.41) is 10.5. The van der Waals surface area contributed by atoms with E-state index in [0.29, 0.717) is 30.0 Å². The van der Waals surface area contributed by atoms with E-state index < -0.39 is 15.6 Å². The highest BCUT2D eigenvalue weighted by molar-refractivity contribution is 7.89. The van der Waals surface area contributed by atoms with Crippen molar-refractivity contribution < 1.29 is 13.5 Å². The van der Waals surface area contributed by atoms with Crippen LogP contribution in [0.15, 0.2) is 23.1 Å². The summed E-state index contributed by atoms with van der Waals surface area (Å²) in [6.45, 7) is 3.86. The van der Waals surface area contributed by atoms with Crippen LogP contribution >= 0.6 is 0 Å². The van der Waals surface area contributed by atoms with Crippen LogP contribution in [0.2, 0.25) is 0 Å².